The van der Waals surface area contributed by atoms with Gasteiger partial charge < -0.3 is 15.4 Å². The highest BCUT2D eigenvalue weighted by molar-refractivity contribution is 6.31. The Kier molecular flexibility index (Phi) is 7.59. The first-order valence-electron chi connectivity index (χ1n) is 11.1. The number of rotatable bonds is 10. The molecule has 0 atom stereocenters. The zero-order valence-corrected chi connectivity index (χ0v) is 19.7. The summed E-state index contributed by atoms with van der Waals surface area (Å²) in [7, 11) is 1.94. The number of nitrogens with one attached hydrogen (secondary N) is 2. The quantitative estimate of drug-likeness (QED) is 0.299. The number of likely N-dealkylation sites (N-methyl/N-ethyl adjacent to an activating group) is 1. The molecule has 2 heterocycles. The van der Waals surface area contributed by atoms with E-state index in [1.165, 1.54) is 11.1 Å². The summed E-state index contributed by atoms with van der Waals surface area (Å²) in [6.45, 7) is 2.33. The van der Waals surface area contributed by atoms with Crippen molar-refractivity contribution in [1.29, 1.82) is 0 Å². The molecular formula is C25H26ClF2N5O. The predicted octanol–water partition coefficient (Wildman–Crippen LogP) is 5.76. The molecule has 0 saturated carbocycles. The number of benzene rings is 2. The van der Waals surface area contributed by atoms with Gasteiger partial charge >= 0.3 is 0 Å². The van der Waals surface area contributed by atoms with Crippen LogP contribution >= 0.6 is 11.6 Å². The second-order valence-electron chi connectivity index (χ2n) is 7.78. The van der Waals surface area contributed by atoms with Gasteiger partial charge in [-0.1, -0.05) is 24.6 Å². The summed E-state index contributed by atoms with van der Waals surface area (Å²) in [4.78, 5) is 4.67. The van der Waals surface area contributed by atoms with Crippen LogP contribution in [0.1, 0.15) is 18.1 Å². The van der Waals surface area contributed by atoms with Gasteiger partial charge in [0, 0.05) is 28.0 Å². The number of alkyl halides is 2. The Labute approximate surface area is 201 Å². The normalized spacial score (nSPS) is 11.4. The Morgan fingerprint density at radius 1 is 1.09 bits per heavy atom. The first-order valence-corrected chi connectivity index (χ1v) is 11.5. The van der Waals surface area contributed by atoms with E-state index in [1.54, 1.807) is 28.9 Å². The molecule has 4 aromatic rings. The van der Waals surface area contributed by atoms with Gasteiger partial charge in [-0.25, -0.2) is 13.3 Å². The lowest BCUT2D eigenvalue weighted by Crippen LogP contribution is -2.11. The molecule has 0 aliphatic rings. The van der Waals surface area contributed by atoms with E-state index in [0.717, 1.165) is 25.1 Å². The molecule has 2 aromatic heterocycles. The van der Waals surface area contributed by atoms with Gasteiger partial charge in [0.25, 0.3) is 6.43 Å². The largest absolute Gasteiger partial charge is 0.487 e. The van der Waals surface area contributed by atoms with Crippen molar-refractivity contribution in [2.45, 2.75) is 26.2 Å². The van der Waals surface area contributed by atoms with Crippen LogP contribution in [-0.4, -0.2) is 41.2 Å². The molecule has 4 rings (SSSR count). The number of halogens is 3. The van der Waals surface area contributed by atoms with Crippen LogP contribution in [0.2, 0.25) is 5.02 Å². The molecule has 0 bridgehead atoms. The molecular weight excluding hydrogens is 460 g/mol. The van der Waals surface area contributed by atoms with Gasteiger partial charge in [-0.15, -0.1) is 5.10 Å². The van der Waals surface area contributed by atoms with E-state index in [9.17, 15) is 8.78 Å². The van der Waals surface area contributed by atoms with Crippen LogP contribution in [0.4, 0.5) is 20.4 Å². The highest BCUT2D eigenvalue weighted by Gasteiger charge is 2.16. The maximum absolute atomic E-state index is 12.8. The smallest absolute Gasteiger partial charge is 0.272 e. The maximum Gasteiger partial charge on any atom is 0.272 e. The lowest BCUT2D eigenvalue weighted by Gasteiger charge is -2.12. The Morgan fingerprint density at radius 2 is 1.94 bits per heavy atom. The summed E-state index contributed by atoms with van der Waals surface area (Å²) >= 11 is 6.21. The molecule has 178 valence electrons. The number of hydrogen-bond donors (Lipinski definition) is 2. The third kappa shape index (κ3) is 5.46. The minimum absolute atomic E-state index is 0.305. The third-order valence-electron chi connectivity index (χ3n) is 5.45. The SMILES string of the molecule is CCc1ccc(Nc2nc3c(-c4cc(Cl)ccc4OCC(F)F)cccn3n2)cc1CCNC. The van der Waals surface area contributed by atoms with Crippen molar-refractivity contribution in [2.75, 3.05) is 25.5 Å². The maximum atomic E-state index is 12.8. The molecule has 0 unspecified atom stereocenters. The van der Waals surface area contributed by atoms with Gasteiger partial charge in [0.15, 0.2) is 5.65 Å². The van der Waals surface area contributed by atoms with Crippen molar-refractivity contribution in [3.8, 4) is 16.9 Å². The second kappa shape index (κ2) is 10.8. The fraction of sp³-hybridized carbons (Fsp3) is 0.280. The van der Waals surface area contributed by atoms with Crippen molar-refractivity contribution in [3.05, 3.63) is 70.9 Å². The highest BCUT2D eigenvalue weighted by atomic mass is 35.5. The molecule has 0 aliphatic carbocycles. The zero-order chi connectivity index (χ0) is 24.1. The monoisotopic (exact) mass is 485 g/mol. The van der Waals surface area contributed by atoms with Crippen molar-refractivity contribution in [2.24, 2.45) is 0 Å². The van der Waals surface area contributed by atoms with E-state index in [4.69, 9.17) is 16.3 Å². The molecule has 0 radical (unpaired) electrons. The van der Waals surface area contributed by atoms with Gasteiger partial charge in [0.2, 0.25) is 5.95 Å². The Morgan fingerprint density at radius 3 is 2.71 bits per heavy atom. The molecule has 2 aromatic carbocycles. The first kappa shape index (κ1) is 23.9. The Hall–Kier alpha value is -3.23. The molecule has 34 heavy (non-hydrogen) atoms. The van der Waals surface area contributed by atoms with Gasteiger partial charge in [0.1, 0.15) is 12.4 Å². The summed E-state index contributed by atoms with van der Waals surface area (Å²) in [5, 5.41) is 11.5. The predicted molar refractivity (Wildman–Crippen MR) is 132 cm³/mol. The summed E-state index contributed by atoms with van der Waals surface area (Å²) in [5.74, 6) is 0.730. The van der Waals surface area contributed by atoms with E-state index >= 15 is 0 Å². The lowest BCUT2D eigenvalue weighted by atomic mass is 10.0. The fourth-order valence-corrected chi connectivity index (χ4v) is 4.00. The minimum atomic E-state index is -2.58. The number of aryl methyl sites for hydroxylation is 1. The number of aromatic nitrogens is 3. The Balaban J connectivity index is 1.68. The fourth-order valence-electron chi connectivity index (χ4n) is 3.83. The average molecular weight is 486 g/mol. The molecule has 0 aliphatic heterocycles. The van der Waals surface area contributed by atoms with Crippen LogP contribution in [0.25, 0.3) is 16.8 Å². The van der Waals surface area contributed by atoms with Crippen molar-refractivity contribution in [3.63, 3.8) is 0 Å². The van der Waals surface area contributed by atoms with E-state index in [2.05, 4.69) is 39.8 Å². The lowest BCUT2D eigenvalue weighted by molar-refractivity contribution is 0.0822. The van der Waals surface area contributed by atoms with Crippen LogP contribution in [-0.2, 0) is 12.8 Å². The minimum Gasteiger partial charge on any atom is -0.487 e. The summed E-state index contributed by atoms with van der Waals surface area (Å²) < 4.78 is 32.5. The van der Waals surface area contributed by atoms with Gasteiger partial charge in [0.05, 0.1) is 0 Å². The summed E-state index contributed by atoms with van der Waals surface area (Å²) in [6.07, 6.45) is 1.08. The topological polar surface area (TPSA) is 63.5 Å². The van der Waals surface area contributed by atoms with Crippen LogP contribution < -0.4 is 15.4 Å². The molecule has 2 N–H and O–H groups in total. The first-order chi connectivity index (χ1) is 16.5. The molecule has 0 spiro atoms. The van der Waals surface area contributed by atoms with Crippen LogP contribution in [0, 0.1) is 0 Å². The Bertz CT molecular complexity index is 1280. The number of hydrogen-bond acceptors (Lipinski definition) is 5. The number of nitrogens with zero attached hydrogens (tertiary/aromatic N) is 3. The number of pyridine rings is 1. The number of fused-ring (bicyclic) bond motifs is 1. The molecule has 0 amide bonds. The van der Waals surface area contributed by atoms with E-state index in [0.29, 0.717) is 33.5 Å². The van der Waals surface area contributed by atoms with Gasteiger partial charge in [-0.2, -0.15) is 4.98 Å². The summed E-state index contributed by atoms with van der Waals surface area (Å²) in [5.41, 5.74) is 5.26. The van der Waals surface area contributed by atoms with E-state index in [-0.39, 0.29) is 0 Å². The second-order valence-corrected chi connectivity index (χ2v) is 8.22. The standard InChI is InChI=1S/C25H26ClF2N5O/c1-3-16-6-8-19(13-17(16)10-11-29-2)30-25-31-24-20(5-4-12-33(24)32-25)21-14-18(26)7-9-22(21)34-15-23(27)28/h4-9,12-14,23,29H,3,10-11,15H2,1-2H3,(H,30,32). The van der Waals surface area contributed by atoms with Crippen molar-refractivity contribution >= 4 is 28.9 Å². The van der Waals surface area contributed by atoms with Crippen LogP contribution in [0.5, 0.6) is 5.75 Å². The highest BCUT2D eigenvalue weighted by Crippen LogP contribution is 2.35. The molecule has 9 heteroatoms. The molecule has 0 saturated heterocycles. The molecule has 6 nitrogen and oxygen atoms in total. The average Bonchev–Trinajstić information content (AvgIpc) is 3.24. The number of ether oxygens (including phenoxy) is 1. The zero-order valence-electron chi connectivity index (χ0n) is 19.0. The number of anilines is 2. The molecule has 0 fully saturated rings. The van der Waals surface area contributed by atoms with Crippen molar-refractivity contribution < 1.29 is 13.5 Å². The van der Waals surface area contributed by atoms with Crippen LogP contribution in [0.3, 0.4) is 0 Å². The summed E-state index contributed by atoms with van der Waals surface area (Å²) in [6, 6.07) is 14.8. The van der Waals surface area contributed by atoms with Crippen molar-refractivity contribution in [1.82, 2.24) is 19.9 Å². The van der Waals surface area contributed by atoms with Crippen LogP contribution in [0.15, 0.2) is 54.7 Å². The third-order valence-corrected chi connectivity index (χ3v) is 5.68. The van der Waals surface area contributed by atoms with Gasteiger partial charge in [-0.3, -0.25) is 0 Å². The van der Waals surface area contributed by atoms with E-state index in [1.807, 2.05) is 25.2 Å². The van der Waals surface area contributed by atoms with E-state index < -0.39 is 13.0 Å². The van der Waals surface area contributed by atoms with Gasteiger partial charge in [-0.05, 0) is 80.0 Å².